The number of rotatable bonds is 2. The zero-order chi connectivity index (χ0) is 12.0. The first-order valence-corrected chi connectivity index (χ1v) is 6.44. The van der Waals surface area contributed by atoms with E-state index in [1.807, 2.05) is 11.7 Å². The molecule has 0 unspecified atom stereocenters. The van der Waals surface area contributed by atoms with Crippen LogP contribution in [0.2, 0.25) is 0 Å². The van der Waals surface area contributed by atoms with E-state index in [1.165, 1.54) is 0 Å². The van der Waals surface area contributed by atoms with Crippen LogP contribution in [0, 0.1) is 4.77 Å². The van der Waals surface area contributed by atoms with Crippen LogP contribution >= 0.6 is 12.2 Å². The van der Waals surface area contributed by atoms with Crippen molar-refractivity contribution in [3.63, 3.8) is 0 Å². The van der Waals surface area contributed by atoms with Gasteiger partial charge in [0.25, 0.3) is 0 Å². The molecule has 5 heteroatoms. The van der Waals surface area contributed by atoms with E-state index in [0.717, 1.165) is 40.9 Å². The molecule has 3 rings (SSSR count). The molecule has 17 heavy (non-hydrogen) atoms. The maximum atomic E-state index is 5.45. The van der Waals surface area contributed by atoms with Crippen molar-refractivity contribution in [3.8, 4) is 0 Å². The maximum absolute atomic E-state index is 5.45. The third-order valence-corrected chi connectivity index (χ3v) is 3.75. The van der Waals surface area contributed by atoms with Gasteiger partial charge in [0.2, 0.25) is 0 Å². The van der Waals surface area contributed by atoms with Gasteiger partial charge in [-0.1, -0.05) is 19.1 Å². The summed E-state index contributed by atoms with van der Waals surface area (Å²) in [5.41, 5.74) is 3.32. The SMILES string of the molecule is CCc1nn(C)c2c1[nH]c(=S)n2C1CC=CC1. The van der Waals surface area contributed by atoms with Crippen LogP contribution in [-0.2, 0) is 13.5 Å². The number of fused-ring (bicyclic) bond motifs is 1. The number of aromatic amines is 1. The molecule has 0 aromatic carbocycles. The highest BCUT2D eigenvalue weighted by atomic mass is 32.1. The van der Waals surface area contributed by atoms with Gasteiger partial charge in [0.15, 0.2) is 10.4 Å². The molecule has 0 radical (unpaired) electrons. The first-order valence-electron chi connectivity index (χ1n) is 6.03. The average molecular weight is 248 g/mol. The summed E-state index contributed by atoms with van der Waals surface area (Å²) in [6.07, 6.45) is 7.50. The number of allylic oxidation sites excluding steroid dienone is 2. The molecule has 0 saturated heterocycles. The van der Waals surface area contributed by atoms with Gasteiger partial charge in [-0.3, -0.25) is 9.25 Å². The molecule has 2 aromatic rings. The van der Waals surface area contributed by atoms with Gasteiger partial charge in [-0.25, -0.2) is 0 Å². The molecule has 1 N–H and O–H groups in total. The smallest absolute Gasteiger partial charge is 0.179 e. The summed E-state index contributed by atoms with van der Waals surface area (Å²) >= 11 is 5.45. The van der Waals surface area contributed by atoms with Gasteiger partial charge in [0, 0.05) is 13.1 Å². The molecule has 1 aliphatic rings. The number of aryl methyl sites for hydroxylation is 2. The minimum Gasteiger partial charge on any atom is -0.328 e. The Morgan fingerprint density at radius 2 is 2.18 bits per heavy atom. The number of hydrogen-bond donors (Lipinski definition) is 1. The topological polar surface area (TPSA) is 38.5 Å². The van der Waals surface area contributed by atoms with E-state index in [0.29, 0.717) is 6.04 Å². The lowest BCUT2D eigenvalue weighted by Crippen LogP contribution is -2.08. The summed E-state index contributed by atoms with van der Waals surface area (Å²) < 4.78 is 4.98. The molecule has 1 aliphatic carbocycles. The normalized spacial score (nSPS) is 16.4. The lowest BCUT2D eigenvalue weighted by Gasteiger charge is -2.12. The highest BCUT2D eigenvalue weighted by molar-refractivity contribution is 7.71. The lowest BCUT2D eigenvalue weighted by molar-refractivity contribution is 0.530. The second-order valence-electron chi connectivity index (χ2n) is 4.52. The quantitative estimate of drug-likeness (QED) is 0.655. The zero-order valence-corrected chi connectivity index (χ0v) is 10.9. The monoisotopic (exact) mass is 248 g/mol. The van der Waals surface area contributed by atoms with Crippen LogP contribution in [-0.4, -0.2) is 19.3 Å². The molecule has 0 fully saturated rings. The first-order chi connectivity index (χ1) is 8.22. The fraction of sp³-hybridized carbons (Fsp3) is 0.500. The van der Waals surface area contributed by atoms with Crippen molar-refractivity contribution in [2.45, 2.75) is 32.2 Å². The molecule has 0 spiro atoms. The van der Waals surface area contributed by atoms with Crippen molar-refractivity contribution in [2.75, 3.05) is 0 Å². The van der Waals surface area contributed by atoms with Crippen LogP contribution in [0.1, 0.15) is 31.5 Å². The van der Waals surface area contributed by atoms with Gasteiger partial charge in [-0.15, -0.1) is 0 Å². The largest absolute Gasteiger partial charge is 0.328 e. The van der Waals surface area contributed by atoms with Gasteiger partial charge >= 0.3 is 0 Å². The fourth-order valence-corrected chi connectivity index (χ4v) is 2.97. The van der Waals surface area contributed by atoms with E-state index in [1.54, 1.807) is 0 Å². The average Bonchev–Trinajstić information content (AvgIpc) is 2.96. The molecule has 0 atom stereocenters. The van der Waals surface area contributed by atoms with E-state index >= 15 is 0 Å². The summed E-state index contributed by atoms with van der Waals surface area (Å²) in [7, 11) is 1.99. The van der Waals surface area contributed by atoms with Crippen LogP contribution < -0.4 is 0 Å². The van der Waals surface area contributed by atoms with Crippen LogP contribution in [0.5, 0.6) is 0 Å². The Kier molecular flexibility index (Phi) is 2.43. The van der Waals surface area contributed by atoms with E-state index in [2.05, 4.69) is 33.7 Å². The Bertz CT molecular complexity index is 635. The number of nitrogens with one attached hydrogen (secondary N) is 1. The van der Waals surface area contributed by atoms with Crippen LogP contribution in [0.15, 0.2) is 12.2 Å². The van der Waals surface area contributed by atoms with E-state index in [9.17, 15) is 0 Å². The Balaban J connectivity index is 2.26. The van der Waals surface area contributed by atoms with E-state index in [-0.39, 0.29) is 0 Å². The zero-order valence-electron chi connectivity index (χ0n) is 10.1. The minimum absolute atomic E-state index is 0.455. The second kappa shape index (κ2) is 3.84. The molecule has 90 valence electrons. The van der Waals surface area contributed by atoms with Crippen molar-refractivity contribution in [1.29, 1.82) is 0 Å². The van der Waals surface area contributed by atoms with Crippen molar-refractivity contribution >= 4 is 23.4 Å². The third kappa shape index (κ3) is 1.49. The van der Waals surface area contributed by atoms with Gasteiger partial charge in [-0.2, -0.15) is 5.10 Å². The standard InChI is InChI=1S/C12H16N4S/c1-3-9-10-11(15(2)14-9)16(12(17)13-10)8-6-4-5-7-8/h4-5,8H,3,6-7H2,1-2H3,(H,13,17). The Morgan fingerprint density at radius 3 is 2.82 bits per heavy atom. The van der Waals surface area contributed by atoms with Gasteiger partial charge in [-0.05, 0) is 31.5 Å². The van der Waals surface area contributed by atoms with Gasteiger partial charge in [0.05, 0.1) is 5.69 Å². The van der Waals surface area contributed by atoms with Crippen molar-refractivity contribution in [3.05, 3.63) is 22.6 Å². The summed E-state index contributed by atoms with van der Waals surface area (Å²) in [5.74, 6) is 0. The molecule has 2 heterocycles. The Morgan fingerprint density at radius 1 is 1.47 bits per heavy atom. The van der Waals surface area contributed by atoms with Crippen molar-refractivity contribution < 1.29 is 0 Å². The predicted molar refractivity (Wildman–Crippen MR) is 70.7 cm³/mol. The van der Waals surface area contributed by atoms with Crippen LogP contribution in [0.25, 0.3) is 11.2 Å². The molecule has 4 nitrogen and oxygen atoms in total. The first kappa shape index (κ1) is 10.8. The third-order valence-electron chi connectivity index (χ3n) is 3.45. The summed E-state index contributed by atoms with van der Waals surface area (Å²) in [4.78, 5) is 3.31. The number of imidazole rings is 1. The molecule has 0 aliphatic heterocycles. The van der Waals surface area contributed by atoms with Crippen LogP contribution in [0.3, 0.4) is 0 Å². The van der Waals surface area contributed by atoms with E-state index in [4.69, 9.17) is 12.2 Å². The number of H-pyrrole nitrogens is 1. The molecule has 2 aromatic heterocycles. The molecular formula is C12H16N4S. The summed E-state index contributed by atoms with van der Waals surface area (Å²) in [6.45, 7) is 2.12. The Labute approximate surface area is 105 Å². The second-order valence-corrected chi connectivity index (χ2v) is 4.91. The number of nitrogens with zero attached hydrogens (tertiary/aromatic N) is 3. The number of aromatic nitrogens is 4. The highest BCUT2D eigenvalue weighted by Crippen LogP contribution is 2.29. The van der Waals surface area contributed by atoms with E-state index < -0.39 is 0 Å². The lowest BCUT2D eigenvalue weighted by atomic mass is 10.2. The fourth-order valence-electron chi connectivity index (χ4n) is 2.64. The highest BCUT2D eigenvalue weighted by Gasteiger charge is 2.20. The summed E-state index contributed by atoms with van der Waals surface area (Å²) in [5, 5.41) is 4.54. The van der Waals surface area contributed by atoms with Gasteiger partial charge in [0.1, 0.15) is 5.52 Å². The molecular weight excluding hydrogens is 232 g/mol. The Hall–Kier alpha value is -1.36. The van der Waals surface area contributed by atoms with Crippen LogP contribution in [0.4, 0.5) is 0 Å². The minimum atomic E-state index is 0.455. The summed E-state index contributed by atoms with van der Waals surface area (Å²) in [6, 6.07) is 0.455. The maximum Gasteiger partial charge on any atom is 0.179 e. The number of hydrogen-bond acceptors (Lipinski definition) is 2. The predicted octanol–water partition coefficient (Wildman–Crippen LogP) is 2.89. The van der Waals surface area contributed by atoms with Crippen molar-refractivity contribution in [2.24, 2.45) is 7.05 Å². The molecule has 0 amide bonds. The molecule has 0 saturated carbocycles. The molecule has 0 bridgehead atoms. The van der Waals surface area contributed by atoms with Crippen molar-refractivity contribution in [1.82, 2.24) is 19.3 Å². The van der Waals surface area contributed by atoms with Gasteiger partial charge < -0.3 is 4.98 Å².